The Labute approximate surface area is 192 Å². The maximum atomic E-state index is 11.9. The normalized spacial score (nSPS) is 13.3. The average molecular weight is 463 g/mol. The maximum absolute atomic E-state index is 11.9. The third-order valence-electron chi connectivity index (χ3n) is 5.13. The number of nitrogens with zero attached hydrogens (tertiary/aromatic N) is 1. The second kappa shape index (κ2) is 10.9. The van der Waals surface area contributed by atoms with Crippen molar-refractivity contribution in [2.45, 2.75) is 18.6 Å². The van der Waals surface area contributed by atoms with Gasteiger partial charge < -0.3 is 38.8 Å². The van der Waals surface area contributed by atoms with Crippen LogP contribution in [0.1, 0.15) is 18.5 Å². The van der Waals surface area contributed by atoms with E-state index in [0.717, 1.165) is 0 Å². The highest BCUT2D eigenvalue weighted by Crippen LogP contribution is 2.44. The third kappa shape index (κ3) is 5.29. The van der Waals surface area contributed by atoms with Gasteiger partial charge in [-0.1, -0.05) is 6.07 Å². The molecule has 0 aliphatic rings. The number of aliphatic hydroxyl groups excluding tert-OH is 1. The van der Waals surface area contributed by atoms with Gasteiger partial charge in [0.15, 0.2) is 34.9 Å². The molecule has 180 valence electrons. The molecule has 0 heterocycles. The standard InChI is InChI=1S/C23H29NO9/c1-14(27)33-18-9-15(7-8-17(18)29-3)22(23(28,12-25)13-26)24(2)16-10-19(30-4)21(32-6)20(11-16)31-5/h7-12,22,26,28H,13H2,1-6H3/t22-,23?/m0/s1. The molecule has 2 atom stereocenters. The van der Waals surface area contributed by atoms with Crippen LogP contribution in [0.3, 0.4) is 0 Å². The van der Waals surface area contributed by atoms with Crippen LogP contribution in [0.5, 0.6) is 28.7 Å². The number of esters is 1. The molecule has 0 aliphatic carbocycles. The zero-order chi connectivity index (χ0) is 24.8. The van der Waals surface area contributed by atoms with Crippen molar-refractivity contribution in [1.29, 1.82) is 0 Å². The topological polar surface area (TPSA) is 124 Å². The van der Waals surface area contributed by atoms with E-state index in [0.29, 0.717) is 28.5 Å². The summed E-state index contributed by atoms with van der Waals surface area (Å²) in [4.78, 5) is 25.0. The van der Waals surface area contributed by atoms with Crippen LogP contribution in [0.25, 0.3) is 0 Å². The summed E-state index contributed by atoms with van der Waals surface area (Å²) in [5.74, 6) is 0.868. The molecule has 0 radical (unpaired) electrons. The predicted molar refractivity (Wildman–Crippen MR) is 120 cm³/mol. The molecule has 2 rings (SSSR count). The zero-order valence-corrected chi connectivity index (χ0v) is 19.4. The lowest BCUT2D eigenvalue weighted by Gasteiger charge is -2.39. The second-order valence-electron chi connectivity index (χ2n) is 7.17. The van der Waals surface area contributed by atoms with Crippen molar-refractivity contribution in [2.75, 3.05) is 47.0 Å². The first-order valence-electron chi connectivity index (χ1n) is 9.88. The minimum Gasteiger partial charge on any atom is -0.493 e. The number of aldehydes is 1. The predicted octanol–water partition coefficient (Wildman–Crippen LogP) is 1.75. The van der Waals surface area contributed by atoms with Gasteiger partial charge in [-0.25, -0.2) is 0 Å². The quantitative estimate of drug-likeness (QED) is 0.289. The van der Waals surface area contributed by atoms with Crippen LogP contribution in [0.15, 0.2) is 30.3 Å². The number of aliphatic hydroxyl groups is 2. The van der Waals surface area contributed by atoms with Crippen LogP contribution in [-0.2, 0) is 9.59 Å². The first-order valence-corrected chi connectivity index (χ1v) is 9.88. The van der Waals surface area contributed by atoms with Crippen LogP contribution in [-0.4, -0.2) is 70.2 Å². The highest BCUT2D eigenvalue weighted by Gasteiger charge is 2.41. The van der Waals surface area contributed by atoms with Gasteiger partial charge in [0, 0.05) is 31.8 Å². The first kappa shape index (κ1) is 25.8. The van der Waals surface area contributed by atoms with E-state index in [1.54, 1.807) is 30.1 Å². The number of methoxy groups -OCH3 is 4. The second-order valence-corrected chi connectivity index (χ2v) is 7.17. The smallest absolute Gasteiger partial charge is 0.308 e. The molecule has 0 aromatic heterocycles. The van der Waals surface area contributed by atoms with Crippen LogP contribution in [0, 0.1) is 0 Å². The molecule has 33 heavy (non-hydrogen) atoms. The molecular weight excluding hydrogens is 434 g/mol. The maximum Gasteiger partial charge on any atom is 0.308 e. The molecule has 2 aromatic rings. The van der Waals surface area contributed by atoms with E-state index < -0.39 is 24.2 Å². The van der Waals surface area contributed by atoms with Gasteiger partial charge in [0.05, 0.1) is 41.1 Å². The molecule has 10 heteroatoms. The summed E-state index contributed by atoms with van der Waals surface area (Å²) in [6.45, 7) is 0.367. The van der Waals surface area contributed by atoms with Gasteiger partial charge in [-0.3, -0.25) is 9.59 Å². The van der Waals surface area contributed by atoms with Gasteiger partial charge >= 0.3 is 5.97 Å². The number of rotatable bonds is 11. The number of carbonyl (C=O) groups excluding carboxylic acids is 2. The average Bonchev–Trinajstić information content (AvgIpc) is 2.82. The van der Waals surface area contributed by atoms with Crippen LogP contribution >= 0.6 is 0 Å². The van der Waals surface area contributed by atoms with Gasteiger partial charge in [-0.05, 0) is 17.7 Å². The number of anilines is 1. The molecule has 2 N–H and O–H groups in total. The van der Waals surface area contributed by atoms with Crippen molar-refractivity contribution in [3.63, 3.8) is 0 Å². The molecule has 0 fully saturated rings. The SMILES string of the molecule is COc1ccc([C@H](N(C)c2cc(OC)c(OC)c(OC)c2)C(O)(C=O)CO)cc1OC(C)=O. The van der Waals surface area contributed by atoms with Crippen molar-refractivity contribution in [1.82, 2.24) is 0 Å². The van der Waals surface area contributed by atoms with Crippen molar-refractivity contribution in [3.05, 3.63) is 35.9 Å². The van der Waals surface area contributed by atoms with Crippen molar-refractivity contribution in [3.8, 4) is 28.7 Å². The fourth-order valence-corrected chi connectivity index (χ4v) is 3.55. The Morgan fingerprint density at radius 2 is 1.58 bits per heavy atom. The molecule has 0 saturated heterocycles. The molecule has 0 aliphatic heterocycles. The summed E-state index contributed by atoms with van der Waals surface area (Å²) >= 11 is 0. The highest BCUT2D eigenvalue weighted by atomic mass is 16.6. The lowest BCUT2D eigenvalue weighted by Crippen LogP contribution is -2.49. The summed E-state index contributed by atoms with van der Waals surface area (Å²) in [5, 5.41) is 21.0. The Bertz CT molecular complexity index is 969. The Morgan fingerprint density at radius 1 is 1.00 bits per heavy atom. The van der Waals surface area contributed by atoms with Crippen molar-refractivity contribution in [2.24, 2.45) is 0 Å². The monoisotopic (exact) mass is 463 g/mol. The summed E-state index contributed by atoms with van der Waals surface area (Å²) < 4.78 is 26.6. The summed E-state index contributed by atoms with van der Waals surface area (Å²) in [6.07, 6.45) is 0.266. The Kier molecular flexibility index (Phi) is 8.50. The largest absolute Gasteiger partial charge is 0.493 e. The molecule has 0 spiro atoms. The fourth-order valence-electron chi connectivity index (χ4n) is 3.55. The number of hydrogen-bond acceptors (Lipinski definition) is 10. The van der Waals surface area contributed by atoms with Gasteiger partial charge in [0.25, 0.3) is 0 Å². The fraction of sp³-hybridized carbons (Fsp3) is 0.391. The van der Waals surface area contributed by atoms with E-state index in [1.165, 1.54) is 47.5 Å². The Balaban J connectivity index is 2.72. The molecular formula is C23H29NO9. The van der Waals surface area contributed by atoms with Gasteiger partial charge in [-0.15, -0.1) is 0 Å². The number of benzene rings is 2. The van der Waals surface area contributed by atoms with Gasteiger partial charge in [-0.2, -0.15) is 0 Å². The minimum absolute atomic E-state index is 0.0944. The van der Waals surface area contributed by atoms with Crippen LogP contribution in [0.2, 0.25) is 0 Å². The van der Waals surface area contributed by atoms with Gasteiger partial charge in [0.1, 0.15) is 0 Å². The summed E-state index contributed by atoms with van der Waals surface area (Å²) in [7, 11) is 7.42. The Morgan fingerprint density at radius 3 is 2.00 bits per heavy atom. The summed E-state index contributed by atoms with van der Waals surface area (Å²) in [6, 6.07) is 6.74. The zero-order valence-electron chi connectivity index (χ0n) is 19.4. The van der Waals surface area contributed by atoms with E-state index in [2.05, 4.69) is 0 Å². The first-order chi connectivity index (χ1) is 15.7. The number of hydrogen-bond donors (Lipinski definition) is 2. The lowest BCUT2D eigenvalue weighted by molar-refractivity contribution is -0.132. The molecule has 1 unspecified atom stereocenters. The van der Waals surface area contributed by atoms with E-state index in [4.69, 9.17) is 23.7 Å². The number of ether oxygens (including phenoxy) is 5. The van der Waals surface area contributed by atoms with Crippen LogP contribution in [0.4, 0.5) is 5.69 Å². The van der Waals surface area contributed by atoms with E-state index >= 15 is 0 Å². The number of carbonyl (C=O) groups is 2. The Hall–Kier alpha value is -3.50. The molecule has 0 amide bonds. The lowest BCUT2D eigenvalue weighted by atomic mass is 9.88. The van der Waals surface area contributed by atoms with E-state index in [1.807, 2.05) is 0 Å². The van der Waals surface area contributed by atoms with Crippen molar-refractivity contribution < 1.29 is 43.5 Å². The van der Waals surface area contributed by atoms with Crippen molar-refractivity contribution >= 4 is 17.9 Å². The minimum atomic E-state index is -2.21. The molecule has 0 bridgehead atoms. The third-order valence-corrected chi connectivity index (χ3v) is 5.13. The number of likely N-dealkylation sites (N-methyl/N-ethyl adjacent to an activating group) is 1. The van der Waals surface area contributed by atoms with Gasteiger partial charge in [0.2, 0.25) is 5.75 Å². The van der Waals surface area contributed by atoms with E-state index in [-0.39, 0.29) is 17.8 Å². The molecule has 0 saturated carbocycles. The highest BCUT2D eigenvalue weighted by molar-refractivity contribution is 5.72. The molecule has 2 aromatic carbocycles. The molecule has 10 nitrogen and oxygen atoms in total. The van der Waals surface area contributed by atoms with Crippen LogP contribution < -0.4 is 28.6 Å². The van der Waals surface area contributed by atoms with E-state index in [9.17, 15) is 19.8 Å². The summed E-state index contributed by atoms with van der Waals surface area (Å²) in [5.41, 5.74) is -1.36.